The van der Waals surface area contributed by atoms with Crippen molar-refractivity contribution in [3.63, 3.8) is 0 Å². The summed E-state index contributed by atoms with van der Waals surface area (Å²) < 4.78 is 0. The van der Waals surface area contributed by atoms with Gasteiger partial charge in [-0.05, 0) is 24.7 Å². The molecule has 0 saturated carbocycles. The van der Waals surface area contributed by atoms with Crippen LogP contribution < -0.4 is 0 Å². The van der Waals surface area contributed by atoms with E-state index in [-0.39, 0.29) is 6.10 Å². The quantitative estimate of drug-likeness (QED) is 0.749. The molecule has 2 unspecified atom stereocenters. The van der Waals surface area contributed by atoms with Gasteiger partial charge in [-0.25, -0.2) is 0 Å². The molecular weight excluding hydrogens is 174 g/mol. The highest BCUT2D eigenvalue weighted by Crippen LogP contribution is 2.24. The molecule has 2 heteroatoms. The Balaban J connectivity index is 2.45. The molecule has 14 heavy (non-hydrogen) atoms. The van der Waals surface area contributed by atoms with Crippen LogP contribution in [0.2, 0.25) is 0 Å². The van der Waals surface area contributed by atoms with Crippen LogP contribution in [-0.2, 0) is 0 Å². The molecule has 84 valence electrons. The summed E-state index contributed by atoms with van der Waals surface area (Å²) >= 11 is 0. The van der Waals surface area contributed by atoms with Crippen molar-refractivity contribution >= 4 is 0 Å². The van der Waals surface area contributed by atoms with Gasteiger partial charge in [-0.1, -0.05) is 27.7 Å². The second-order valence-electron chi connectivity index (χ2n) is 5.52. The standard InChI is InChI=1S/C12H25NO/c1-9(2)5-11-6-12(14)8-13(11)7-10(3)4/h9-12,14H,5-8H2,1-4H3. The molecule has 0 radical (unpaired) electrons. The summed E-state index contributed by atoms with van der Waals surface area (Å²) in [6.45, 7) is 11.0. The lowest BCUT2D eigenvalue weighted by Gasteiger charge is -2.26. The first-order chi connectivity index (χ1) is 6.49. The van der Waals surface area contributed by atoms with E-state index in [1.807, 2.05) is 0 Å². The summed E-state index contributed by atoms with van der Waals surface area (Å²) in [6, 6.07) is 0.618. The van der Waals surface area contributed by atoms with Crippen molar-refractivity contribution < 1.29 is 5.11 Å². The fraction of sp³-hybridized carbons (Fsp3) is 1.00. The van der Waals surface area contributed by atoms with Crippen molar-refractivity contribution in [2.75, 3.05) is 13.1 Å². The highest BCUT2D eigenvalue weighted by molar-refractivity contribution is 4.85. The van der Waals surface area contributed by atoms with Crippen molar-refractivity contribution in [1.82, 2.24) is 4.90 Å². The largest absolute Gasteiger partial charge is 0.392 e. The van der Waals surface area contributed by atoms with Crippen molar-refractivity contribution in [3.05, 3.63) is 0 Å². The Morgan fingerprint density at radius 1 is 1.21 bits per heavy atom. The highest BCUT2D eigenvalue weighted by Gasteiger charge is 2.31. The minimum absolute atomic E-state index is 0.0856. The van der Waals surface area contributed by atoms with E-state index in [0.717, 1.165) is 25.4 Å². The Morgan fingerprint density at radius 2 is 1.86 bits per heavy atom. The molecule has 1 heterocycles. The molecule has 0 aromatic carbocycles. The monoisotopic (exact) mass is 199 g/mol. The molecule has 1 N–H and O–H groups in total. The van der Waals surface area contributed by atoms with Crippen molar-refractivity contribution in [2.24, 2.45) is 11.8 Å². The zero-order chi connectivity index (χ0) is 10.7. The fourth-order valence-corrected chi connectivity index (χ4v) is 2.44. The molecule has 1 aliphatic rings. The van der Waals surface area contributed by atoms with Crippen LogP contribution >= 0.6 is 0 Å². The maximum atomic E-state index is 9.65. The highest BCUT2D eigenvalue weighted by atomic mass is 16.3. The van der Waals surface area contributed by atoms with E-state index in [9.17, 15) is 5.11 Å². The Bertz CT molecular complexity index is 150. The summed E-state index contributed by atoms with van der Waals surface area (Å²) in [4.78, 5) is 2.47. The number of hydrogen-bond donors (Lipinski definition) is 1. The summed E-state index contributed by atoms with van der Waals surface area (Å²) in [5.74, 6) is 1.44. The summed E-state index contributed by atoms with van der Waals surface area (Å²) in [5, 5.41) is 9.65. The Hall–Kier alpha value is -0.0800. The average Bonchev–Trinajstić information content (AvgIpc) is 2.28. The molecule has 1 rings (SSSR count). The minimum Gasteiger partial charge on any atom is -0.392 e. The average molecular weight is 199 g/mol. The molecule has 0 bridgehead atoms. The molecule has 1 fully saturated rings. The lowest BCUT2D eigenvalue weighted by Crippen LogP contribution is -2.34. The number of likely N-dealkylation sites (tertiary alicyclic amines) is 1. The number of hydrogen-bond acceptors (Lipinski definition) is 2. The smallest absolute Gasteiger partial charge is 0.0682 e. The molecular formula is C12H25NO. The normalized spacial score (nSPS) is 29.4. The SMILES string of the molecule is CC(C)CC1CC(O)CN1CC(C)C. The molecule has 0 amide bonds. The van der Waals surface area contributed by atoms with E-state index in [1.54, 1.807) is 0 Å². The van der Waals surface area contributed by atoms with Crippen molar-refractivity contribution in [2.45, 2.75) is 52.7 Å². The first-order valence-electron chi connectivity index (χ1n) is 5.91. The van der Waals surface area contributed by atoms with Gasteiger partial charge in [0.05, 0.1) is 6.10 Å². The maximum Gasteiger partial charge on any atom is 0.0682 e. The summed E-state index contributed by atoms with van der Waals surface area (Å²) in [7, 11) is 0. The fourth-order valence-electron chi connectivity index (χ4n) is 2.44. The van der Waals surface area contributed by atoms with Crippen LogP contribution in [0.4, 0.5) is 0 Å². The number of rotatable bonds is 4. The molecule has 1 aliphatic heterocycles. The number of β-amino-alcohol motifs (C(OH)–C–C–N with tert-alkyl or cyclic N) is 1. The second kappa shape index (κ2) is 5.13. The van der Waals surface area contributed by atoms with Gasteiger partial charge in [0.2, 0.25) is 0 Å². The molecule has 0 aliphatic carbocycles. The van der Waals surface area contributed by atoms with Crippen molar-refractivity contribution in [3.8, 4) is 0 Å². The molecule has 0 aromatic rings. The lowest BCUT2D eigenvalue weighted by atomic mass is 10.0. The predicted molar refractivity (Wildman–Crippen MR) is 60.3 cm³/mol. The van der Waals surface area contributed by atoms with Gasteiger partial charge in [0.25, 0.3) is 0 Å². The van der Waals surface area contributed by atoms with Crippen LogP contribution in [0.1, 0.15) is 40.5 Å². The van der Waals surface area contributed by atoms with Crippen LogP contribution in [0.15, 0.2) is 0 Å². The van der Waals surface area contributed by atoms with Crippen LogP contribution in [0, 0.1) is 11.8 Å². The van der Waals surface area contributed by atoms with Crippen LogP contribution in [0.3, 0.4) is 0 Å². The van der Waals surface area contributed by atoms with Gasteiger partial charge in [-0.2, -0.15) is 0 Å². The predicted octanol–water partition coefficient (Wildman–Crippen LogP) is 2.12. The van der Waals surface area contributed by atoms with Gasteiger partial charge in [-0.3, -0.25) is 4.90 Å². The molecule has 1 saturated heterocycles. The lowest BCUT2D eigenvalue weighted by molar-refractivity contribution is 0.166. The van der Waals surface area contributed by atoms with Gasteiger partial charge >= 0.3 is 0 Å². The summed E-state index contributed by atoms with van der Waals surface area (Å²) in [5.41, 5.74) is 0. The topological polar surface area (TPSA) is 23.5 Å². The van der Waals surface area contributed by atoms with Crippen LogP contribution in [0.25, 0.3) is 0 Å². The Kier molecular flexibility index (Phi) is 4.39. The number of aliphatic hydroxyl groups excluding tert-OH is 1. The molecule has 2 nitrogen and oxygen atoms in total. The van der Waals surface area contributed by atoms with Crippen LogP contribution in [0.5, 0.6) is 0 Å². The van der Waals surface area contributed by atoms with E-state index >= 15 is 0 Å². The Labute approximate surface area is 88.3 Å². The van der Waals surface area contributed by atoms with E-state index < -0.39 is 0 Å². The summed E-state index contributed by atoms with van der Waals surface area (Å²) in [6.07, 6.45) is 2.12. The molecule has 0 aromatic heterocycles. The third-order valence-corrected chi connectivity index (χ3v) is 2.85. The van der Waals surface area contributed by atoms with E-state index in [0.29, 0.717) is 12.0 Å². The number of aliphatic hydroxyl groups is 1. The zero-order valence-electron chi connectivity index (χ0n) is 10.0. The van der Waals surface area contributed by atoms with E-state index in [4.69, 9.17) is 0 Å². The molecule has 0 spiro atoms. The van der Waals surface area contributed by atoms with Gasteiger partial charge in [0.15, 0.2) is 0 Å². The second-order valence-corrected chi connectivity index (χ2v) is 5.52. The van der Waals surface area contributed by atoms with E-state index in [1.165, 1.54) is 6.42 Å². The van der Waals surface area contributed by atoms with Crippen molar-refractivity contribution in [1.29, 1.82) is 0 Å². The minimum atomic E-state index is -0.0856. The first-order valence-corrected chi connectivity index (χ1v) is 5.91. The van der Waals surface area contributed by atoms with Crippen LogP contribution in [-0.4, -0.2) is 35.2 Å². The van der Waals surface area contributed by atoms with Gasteiger partial charge < -0.3 is 5.11 Å². The van der Waals surface area contributed by atoms with Gasteiger partial charge in [0, 0.05) is 19.1 Å². The Morgan fingerprint density at radius 3 is 2.36 bits per heavy atom. The third-order valence-electron chi connectivity index (χ3n) is 2.85. The van der Waals surface area contributed by atoms with Gasteiger partial charge in [0.1, 0.15) is 0 Å². The van der Waals surface area contributed by atoms with E-state index in [2.05, 4.69) is 32.6 Å². The zero-order valence-corrected chi connectivity index (χ0v) is 10.0. The number of nitrogens with zero attached hydrogens (tertiary/aromatic N) is 1. The molecule has 2 atom stereocenters. The van der Waals surface area contributed by atoms with Gasteiger partial charge in [-0.15, -0.1) is 0 Å². The third kappa shape index (κ3) is 3.58. The first kappa shape index (κ1) is 12.0. The maximum absolute atomic E-state index is 9.65.